The van der Waals surface area contributed by atoms with Gasteiger partial charge in [-0.2, -0.15) is 0 Å². The van der Waals surface area contributed by atoms with Gasteiger partial charge in [0.25, 0.3) is 0 Å². The highest BCUT2D eigenvalue weighted by atomic mass is 15.2. The number of nitrogens with two attached hydrogens (primary N) is 1. The second kappa shape index (κ2) is 4.92. The number of aromatic nitrogens is 1. The smallest absolute Gasteiger partial charge is 0.105 e. The molecule has 0 saturated heterocycles. The Kier molecular flexibility index (Phi) is 3.83. The molecule has 0 aliphatic rings. The van der Waals surface area contributed by atoms with E-state index in [0.717, 1.165) is 19.5 Å². The lowest BCUT2D eigenvalue weighted by Crippen LogP contribution is -2.23. The third-order valence-corrected chi connectivity index (χ3v) is 2.35. The summed E-state index contributed by atoms with van der Waals surface area (Å²) in [6.07, 6.45) is 3.09. The van der Waals surface area contributed by atoms with Crippen molar-refractivity contribution >= 4 is 5.82 Å². The van der Waals surface area contributed by atoms with E-state index in [2.05, 4.69) is 29.9 Å². The van der Waals surface area contributed by atoms with Crippen LogP contribution >= 0.6 is 0 Å². The van der Waals surface area contributed by atoms with E-state index in [-0.39, 0.29) is 0 Å². The summed E-state index contributed by atoms with van der Waals surface area (Å²) >= 11 is 0. The maximum Gasteiger partial charge on any atom is 0.105 e. The van der Waals surface area contributed by atoms with Crippen molar-refractivity contribution in [3.63, 3.8) is 0 Å². The maximum atomic E-state index is 5.55. The summed E-state index contributed by atoms with van der Waals surface area (Å²) in [5.41, 5.74) is 5.55. The van der Waals surface area contributed by atoms with E-state index in [1.807, 2.05) is 12.3 Å². The first-order valence-electron chi connectivity index (χ1n) is 4.78. The summed E-state index contributed by atoms with van der Waals surface area (Å²) < 4.78 is 0. The molecule has 74 valence electrons. The van der Waals surface area contributed by atoms with Crippen molar-refractivity contribution in [3.8, 4) is 0 Å². The maximum absolute atomic E-state index is 5.55. The average molecular weight is 181 g/mol. The molecule has 0 amide bonds. The van der Waals surface area contributed by atoms with E-state index in [9.17, 15) is 0 Å². The van der Waals surface area contributed by atoms with Crippen LogP contribution in [0.3, 0.4) is 0 Å². The van der Waals surface area contributed by atoms with Gasteiger partial charge in [0.15, 0.2) is 0 Å². The summed E-state index contributed by atoms with van der Waals surface area (Å²) in [5.74, 6) is 1.78. The number of rotatable bonds is 5. The van der Waals surface area contributed by atoms with Crippen LogP contribution in [0.2, 0.25) is 0 Å². The quantitative estimate of drug-likeness (QED) is 0.722. The number of hydrogen-bond acceptors (Lipinski definition) is 2. The molecule has 3 heteroatoms. The van der Waals surface area contributed by atoms with Gasteiger partial charge in [-0.05, 0) is 31.0 Å². The van der Waals surface area contributed by atoms with Crippen LogP contribution in [-0.2, 0) is 0 Å². The molecule has 0 spiro atoms. The second-order valence-corrected chi connectivity index (χ2v) is 3.61. The molecule has 0 bridgehead atoms. The molecule has 1 heterocycles. The molecule has 1 rings (SSSR count). The minimum Gasteiger partial charge on any atom is -0.361 e. The van der Waals surface area contributed by atoms with Crippen LogP contribution in [0, 0.1) is 5.92 Å². The topological polar surface area (TPSA) is 45.0 Å². The predicted molar refractivity (Wildman–Crippen MR) is 56.9 cm³/mol. The van der Waals surface area contributed by atoms with Crippen molar-refractivity contribution in [2.24, 2.45) is 11.7 Å². The zero-order valence-electron chi connectivity index (χ0n) is 8.46. The van der Waals surface area contributed by atoms with Gasteiger partial charge in [-0.3, -0.25) is 0 Å². The summed E-state index contributed by atoms with van der Waals surface area (Å²) in [4.78, 5) is 5.39. The normalized spacial score (nSPS) is 12.8. The van der Waals surface area contributed by atoms with Crippen molar-refractivity contribution in [2.75, 3.05) is 25.0 Å². The van der Waals surface area contributed by atoms with Gasteiger partial charge in [-0.25, -0.2) is 0 Å². The van der Waals surface area contributed by atoms with Crippen LogP contribution in [0.4, 0.5) is 5.82 Å². The summed E-state index contributed by atoms with van der Waals surface area (Å²) in [5, 5.41) is 0. The molecule has 1 aromatic heterocycles. The Morgan fingerprint density at radius 3 is 2.92 bits per heavy atom. The average Bonchev–Trinajstić information content (AvgIpc) is 2.66. The van der Waals surface area contributed by atoms with Gasteiger partial charge in [-0.15, -0.1) is 0 Å². The Morgan fingerprint density at radius 1 is 1.62 bits per heavy atom. The van der Waals surface area contributed by atoms with Crippen molar-refractivity contribution in [1.82, 2.24) is 4.98 Å². The first kappa shape index (κ1) is 10.1. The largest absolute Gasteiger partial charge is 0.361 e. The lowest BCUT2D eigenvalue weighted by molar-refractivity contribution is 0.544. The Balaban J connectivity index is 2.30. The highest BCUT2D eigenvalue weighted by molar-refractivity contribution is 5.36. The van der Waals surface area contributed by atoms with E-state index < -0.39 is 0 Å². The van der Waals surface area contributed by atoms with Gasteiger partial charge in [0.05, 0.1) is 0 Å². The Hall–Kier alpha value is -0.960. The Bertz CT molecular complexity index is 218. The lowest BCUT2D eigenvalue weighted by Gasteiger charge is -2.19. The number of hydrogen-bond donors (Lipinski definition) is 2. The lowest BCUT2D eigenvalue weighted by atomic mass is 10.1. The molecule has 1 aromatic rings. The third kappa shape index (κ3) is 3.11. The molecule has 0 aliphatic carbocycles. The number of aromatic amines is 1. The summed E-state index contributed by atoms with van der Waals surface area (Å²) in [7, 11) is 2.09. The molecule has 0 radical (unpaired) electrons. The number of nitrogens with one attached hydrogen (secondary N) is 1. The Morgan fingerprint density at radius 2 is 2.38 bits per heavy atom. The number of H-pyrrole nitrogens is 1. The highest BCUT2D eigenvalue weighted by Crippen LogP contribution is 2.09. The number of nitrogens with zero attached hydrogens (tertiary/aromatic N) is 1. The molecule has 0 saturated carbocycles. The third-order valence-electron chi connectivity index (χ3n) is 2.35. The van der Waals surface area contributed by atoms with Crippen LogP contribution in [0.25, 0.3) is 0 Å². The second-order valence-electron chi connectivity index (χ2n) is 3.61. The molecule has 3 nitrogen and oxygen atoms in total. The molecule has 13 heavy (non-hydrogen) atoms. The molecular formula is C10H19N3. The van der Waals surface area contributed by atoms with E-state index >= 15 is 0 Å². The first-order chi connectivity index (χ1) is 6.24. The van der Waals surface area contributed by atoms with Crippen LogP contribution in [0.5, 0.6) is 0 Å². The van der Waals surface area contributed by atoms with Gasteiger partial charge in [-0.1, -0.05) is 6.92 Å². The van der Waals surface area contributed by atoms with E-state index in [4.69, 9.17) is 5.73 Å². The molecular weight excluding hydrogens is 162 g/mol. The predicted octanol–water partition coefficient (Wildman–Crippen LogP) is 1.44. The van der Waals surface area contributed by atoms with E-state index in [1.54, 1.807) is 0 Å². The van der Waals surface area contributed by atoms with Gasteiger partial charge >= 0.3 is 0 Å². The molecule has 3 N–H and O–H groups in total. The fourth-order valence-electron chi connectivity index (χ4n) is 1.21. The fraction of sp³-hybridized carbons (Fsp3) is 0.600. The van der Waals surface area contributed by atoms with Crippen molar-refractivity contribution in [3.05, 3.63) is 18.3 Å². The molecule has 0 fully saturated rings. The standard InChI is InChI=1S/C10H19N3/c1-9(8-11)5-7-13(2)10-4-3-6-12-10/h3-4,6,9,12H,5,7-8,11H2,1-2H3. The van der Waals surface area contributed by atoms with Gasteiger partial charge in [0.1, 0.15) is 5.82 Å². The van der Waals surface area contributed by atoms with Crippen LogP contribution < -0.4 is 10.6 Å². The van der Waals surface area contributed by atoms with E-state index in [1.165, 1.54) is 5.82 Å². The van der Waals surface area contributed by atoms with Crippen LogP contribution in [0.15, 0.2) is 18.3 Å². The number of anilines is 1. The first-order valence-corrected chi connectivity index (χ1v) is 4.78. The molecule has 1 atom stereocenters. The van der Waals surface area contributed by atoms with Crippen LogP contribution in [0.1, 0.15) is 13.3 Å². The molecule has 1 unspecified atom stereocenters. The zero-order chi connectivity index (χ0) is 9.68. The van der Waals surface area contributed by atoms with Crippen molar-refractivity contribution in [2.45, 2.75) is 13.3 Å². The monoisotopic (exact) mass is 181 g/mol. The van der Waals surface area contributed by atoms with E-state index in [0.29, 0.717) is 5.92 Å². The summed E-state index contributed by atoms with van der Waals surface area (Å²) in [6.45, 7) is 4.01. The van der Waals surface area contributed by atoms with Crippen molar-refractivity contribution in [1.29, 1.82) is 0 Å². The van der Waals surface area contributed by atoms with Gasteiger partial charge < -0.3 is 15.6 Å². The SMILES string of the molecule is CC(CN)CCN(C)c1ccc[nH]1. The molecule has 0 aromatic carbocycles. The van der Waals surface area contributed by atoms with Crippen LogP contribution in [-0.4, -0.2) is 25.1 Å². The fourth-order valence-corrected chi connectivity index (χ4v) is 1.21. The Labute approximate surface area is 79.9 Å². The molecule has 0 aliphatic heterocycles. The van der Waals surface area contributed by atoms with Gasteiger partial charge in [0.2, 0.25) is 0 Å². The minimum atomic E-state index is 0.609. The highest BCUT2D eigenvalue weighted by Gasteiger charge is 2.03. The van der Waals surface area contributed by atoms with Crippen molar-refractivity contribution < 1.29 is 0 Å². The van der Waals surface area contributed by atoms with Gasteiger partial charge in [0, 0.05) is 19.8 Å². The minimum absolute atomic E-state index is 0.609. The zero-order valence-corrected chi connectivity index (χ0v) is 8.46. The summed E-state index contributed by atoms with van der Waals surface area (Å²) in [6, 6.07) is 4.09.